The Labute approximate surface area is 156 Å². The molecule has 1 saturated heterocycles. The molecule has 7 heteroatoms. The number of amides is 1. The van der Waals surface area contributed by atoms with Crippen LogP contribution >= 0.6 is 0 Å². The van der Waals surface area contributed by atoms with Gasteiger partial charge < -0.3 is 14.5 Å². The molecule has 1 fully saturated rings. The normalized spacial score (nSPS) is 14.6. The second kappa shape index (κ2) is 7.26. The van der Waals surface area contributed by atoms with Gasteiger partial charge in [0.1, 0.15) is 5.82 Å². The number of carbonyl (C=O) groups is 1. The van der Waals surface area contributed by atoms with Crippen molar-refractivity contribution in [3.05, 3.63) is 54.3 Å². The van der Waals surface area contributed by atoms with E-state index in [2.05, 4.69) is 4.90 Å². The molecule has 0 atom stereocenters. The molecule has 0 bridgehead atoms. The van der Waals surface area contributed by atoms with Crippen LogP contribution in [0.4, 0.5) is 15.0 Å². The highest BCUT2D eigenvalue weighted by Gasteiger charge is 2.25. The highest BCUT2D eigenvalue weighted by Crippen LogP contribution is 2.29. The van der Waals surface area contributed by atoms with Crippen molar-refractivity contribution in [2.24, 2.45) is 0 Å². The average molecular weight is 368 g/mol. The molecule has 1 aromatic heterocycles. The van der Waals surface area contributed by atoms with Crippen LogP contribution in [0, 0.1) is 5.82 Å². The molecule has 140 valence electrons. The predicted octanol–water partition coefficient (Wildman–Crippen LogP) is 3.44. The third kappa shape index (κ3) is 3.32. The zero-order chi connectivity index (χ0) is 18.8. The standard InChI is InChI=1S/C20H21FN4O2/c1-2-27-20(26)24-13-11-23(12-14-24)19-17-5-3-4-6-18(17)25(22-19)16-9-7-15(21)8-10-16/h3-10H,2,11-14H2,1H3. The molecule has 4 rings (SSSR count). The molecule has 1 aliphatic heterocycles. The molecule has 3 aromatic rings. The van der Waals surface area contributed by atoms with Gasteiger partial charge in [0.2, 0.25) is 0 Å². The molecular formula is C20H21FN4O2. The Morgan fingerprint density at radius 3 is 2.48 bits per heavy atom. The minimum Gasteiger partial charge on any atom is -0.450 e. The fraction of sp³-hybridized carbons (Fsp3) is 0.300. The van der Waals surface area contributed by atoms with Crippen LogP contribution in [-0.2, 0) is 4.74 Å². The van der Waals surface area contributed by atoms with Crippen LogP contribution in [0.3, 0.4) is 0 Å². The van der Waals surface area contributed by atoms with Gasteiger partial charge in [-0.3, -0.25) is 0 Å². The van der Waals surface area contributed by atoms with Gasteiger partial charge in [-0.2, -0.15) is 0 Å². The average Bonchev–Trinajstić information content (AvgIpc) is 3.09. The van der Waals surface area contributed by atoms with E-state index < -0.39 is 0 Å². The summed E-state index contributed by atoms with van der Waals surface area (Å²) in [4.78, 5) is 15.8. The summed E-state index contributed by atoms with van der Waals surface area (Å²) in [5.41, 5.74) is 1.77. The fourth-order valence-electron chi connectivity index (χ4n) is 3.38. The number of hydrogen-bond acceptors (Lipinski definition) is 4. The third-order valence-electron chi connectivity index (χ3n) is 4.74. The summed E-state index contributed by atoms with van der Waals surface area (Å²) in [5, 5.41) is 5.84. The molecule has 2 heterocycles. The number of ether oxygens (including phenoxy) is 1. The van der Waals surface area contributed by atoms with Crippen LogP contribution in [0.1, 0.15) is 6.92 Å². The Hall–Kier alpha value is -3.09. The van der Waals surface area contributed by atoms with Crippen molar-refractivity contribution in [2.75, 3.05) is 37.7 Å². The number of benzene rings is 2. The van der Waals surface area contributed by atoms with E-state index >= 15 is 0 Å². The Bertz CT molecular complexity index is 946. The van der Waals surface area contributed by atoms with Crippen LogP contribution in [0.5, 0.6) is 0 Å². The van der Waals surface area contributed by atoms with Crippen LogP contribution in [-0.4, -0.2) is 53.6 Å². The zero-order valence-electron chi connectivity index (χ0n) is 15.1. The second-order valence-electron chi connectivity index (χ2n) is 6.40. The van der Waals surface area contributed by atoms with Gasteiger partial charge in [-0.05, 0) is 43.3 Å². The summed E-state index contributed by atoms with van der Waals surface area (Å²) < 4.78 is 20.2. The molecule has 2 aromatic carbocycles. The molecule has 0 spiro atoms. The van der Waals surface area contributed by atoms with Crippen LogP contribution in [0.2, 0.25) is 0 Å². The van der Waals surface area contributed by atoms with E-state index in [0.717, 1.165) is 22.4 Å². The summed E-state index contributed by atoms with van der Waals surface area (Å²) in [7, 11) is 0. The molecule has 0 saturated carbocycles. The van der Waals surface area contributed by atoms with E-state index in [9.17, 15) is 9.18 Å². The molecular weight excluding hydrogens is 347 g/mol. The summed E-state index contributed by atoms with van der Waals surface area (Å²) in [6.45, 7) is 4.74. The lowest BCUT2D eigenvalue weighted by Gasteiger charge is -2.34. The SMILES string of the molecule is CCOC(=O)N1CCN(c2nn(-c3ccc(F)cc3)c3ccccc23)CC1. The topological polar surface area (TPSA) is 50.6 Å². The Kier molecular flexibility index (Phi) is 4.66. The molecule has 0 N–H and O–H groups in total. The lowest BCUT2D eigenvalue weighted by atomic mass is 10.2. The number of rotatable bonds is 3. The third-order valence-corrected chi connectivity index (χ3v) is 4.74. The Morgan fingerprint density at radius 2 is 1.78 bits per heavy atom. The lowest BCUT2D eigenvalue weighted by Crippen LogP contribution is -2.49. The smallest absolute Gasteiger partial charge is 0.409 e. The first-order valence-electron chi connectivity index (χ1n) is 9.07. The van der Waals surface area contributed by atoms with E-state index in [1.807, 2.05) is 35.9 Å². The largest absolute Gasteiger partial charge is 0.450 e. The van der Waals surface area contributed by atoms with Gasteiger partial charge in [-0.25, -0.2) is 13.9 Å². The first-order chi connectivity index (χ1) is 13.2. The van der Waals surface area contributed by atoms with Crippen molar-refractivity contribution in [1.29, 1.82) is 0 Å². The van der Waals surface area contributed by atoms with Crippen molar-refractivity contribution >= 4 is 22.8 Å². The number of anilines is 1. The minimum atomic E-state index is -0.273. The van der Waals surface area contributed by atoms with Crippen LogP contribution < -0.4 is 4.90 Å². The Balaban J connectivity index is 1.63. The van der Waals surface area contributed by atoms with E-state index in [4.69, 9.17) is 9.84 Å². The maximum Gasteiger partial charge on any atom is 0.409 e. The highest BCUT2D eigenvalue weighted by molar-refractivity contribution is 5.92. The first-order valence-corrected chi connectivity index (χ1v) is 9.07. The van der Waals surface area contributed by atoms with E-state index in [1.54, 1.807) is 17.0 Å². The summed E-state index contributed by atoms with van der Waals surface area (Å²) in [6.07, 6.45) is -0.265. The van der Waals surface area contributed by atoms with Crippen molar-refractivity contribution in [2.45, 2.75) is 6.92 Å². The van der Waals surface area contributed by atoms with Crippen molar-refractivity contribution in [1.82, 2.24) is 14.7 Å². The molecule has 1 amide bonds. The number of para-hydroxylation sites is 1. The van der Waals surface area contributed by atoms with Crippen molar-refractivity contribution in [3.8, 4) is 5.69 Å². The van der Waals surface area contributed by atoms with Crippen molar-refractivity contribution < 1.29 is 13.9 Å². The van der Waals surface area contributed by atoms with Gasteiger partial charge in [-0.1, -0.05) is 12.1 Å². The maximum absolute atomic E-state index is 13.3. The van der Waals surface area contributed by atoms with E-state index in [0.29, 0.717) is 32.8 Å². The van der Waals surface area contributed by atoms with Crippen LogP contribution in [0.15, 0.2) is 48.5 Å². The van der Waals surface area contributed by atoms with Gasteiger partial charge >= 0.3 is 6.09 Å². The van der Waals surface area contributed by atoms with Gasteiger partial charge in [0, 0.05) is 31.6 Å². The number of piperazine rings is 1. The molecule has 1 aliphatic rings. The minimum absolute atomic E-state index is 0.265. The number of hydrogen-bond donors (Lipinski definition) is 0. The van der Waals surface area contributed by atoms with Crippen molar-refractivity contribution in [3.63, 3.8) is 0 Å². The van der Waals surface area contributed by atoms with Crippen LogP contribution in [0.25, 0.3) is 16.6 Å². The van der Waals surface area contributed by atoms with Gasteiger partial charge in [0.05, 0.1) is 17.8 Å². The number of carbonyl (C=O) groups excluding carboxylic acids is 1. The summed E-state index contributed by atoms with van der Waals surface area (Å²) in [6, 6.07) is 14.3. The fourth-order valence-corrected chi connectivity index (χ4v) is 3.38. The molecule has 6 nitrogen and oxygen atoms in total. The zero-order valence-corrected chi connectivity index (χ0v) is 15.1. The number of aromatic nitrogens is 2. The predicted molar refractivity (Wildman–Crippen MR) is 102 cm³/mol. The molecule has 0 unspecified atom stereocenters. The highest BCUT2D eigenvalue weighted by atomic mass is 19.1. The van der Waals surface area contributed by atoms with E-state index in [-0.39, 0.29) is 11.9 Å². The number of fused-ring (bicyclic) bond motifs is 1. The quantitative estimate of drug-likeness (QED) is 0.711. The number of nitrogens with zero attached hydrogens (tertiary/aromatic N) is 4. The molecule has 0 aliphatic carbocycles. The van der Waals surface area contributed by atoms with E-state index in [1.165, 1.54) is 12.1 Å². The van der Waals surface area contributed by atoms with Gasteiger partial charge in [0.15, 0.2) is 5.82 Å². The first kappa shape index (κ1) is 17.3. The van der Waals surface area contributed by atoms with Gasteiger partial charge in [-0.15, -0.1) is 5.10 Å². The monoisotopic (exact) mass is 368 g/mol. The van der Waals surface area contributed by atoms with Gasteiger partial charge in [0.25, 0.3) is 0 Å². The lowest BCUT2D eigenvalue weighted by molar-refractivity contribution is 0.105. The molecule has 0 radical (unpaired) electrons. The maximum atomic E-state index is 13.3. The summed E-state index contributed by atoms with van der Waals surface area (Å²) >= 11 is 0. The second-order valence-corrected chi connectivity index (χ2v) is 6.40. The number of halogens is 1. The Morgan fingerprint density at radius 1 is 1.07 bits per heavy atom. The molecule has 27 heavy (non-hydrogen) atoms. The summed E-state index contributed by atoms with van der Waals surface area (Å²) in [5.74, 6) is 0.601.